The highest BCUT2D eigenvalue weighted by atomic mass is 35.5. The minimum atomic E-state index is -0.194. The van der Waals surface area contributed by atoms with Crippen molar-refractivity contribution in [1.82, 2.24) is 0 Å². The van der Waals surface area contributed by atoms with Crippen molar-refractivity contribution in [3.05, 3.63) is 34.6 Å². The van der Waals surface area contributed by atoms with Gasteiger partial charge in [-0.15, -0.1) is 11.6 Å². The van der Waals surface area contributed by atoms with Crippen molar-refractivity contribution in [1.29, 1.82) is 0 Å². The molecule has 0 radical (unpaired) electrons. The molecule has 118 valence electrons. The van der Waals surface area contributed by atoms with Gasteiger partial charge < -0.3 is 0 Å². The molecule has 2 rings (SSSR count). The molecule has 3 heteroatoms. The van der Waals surface area contributed by atoms with E-state index < -0.39 is 0 Å². The van der Waals surface area contributed by atoms with E-state index in [9.17, 15) is 4.39 Å². The highest BCUT2D eigenvalue weighted by molar-refractivity contribution is 6.31. The number of unbranched alkanes of at least 4 members (excludes halogenated alkanes) is 1. The average Bonchev–Trinajstić information content (AvgIpc) is 2.50. The lowest BCUT2D eigenvalue weighted by Gasteiger charge is -2.39. The van der Waals surface area contributed by atoms with E-state index in [1.165, 1.54) is 38.2 Å². The third-order valence-electron chi connectivity index (χ3n) is 5.03. The zero-order valence-corrected chi connectivity index (χ0v) is 14.3. The molecule has 0 saturated heterocycles. The summed E-state index contributed by atoms with van der Waals surface area (Å²) in [5, 5.41) is 0.535. The van der Waals surface area contributed by atoms with E-state index in [0.29, 0.717) is 22.9 Å². The van der Waals surface area contributed by atoms with Gasteiger partial charge >= 0.3 is 0 Å². The summed E-state index contributed by atoms with van der Waals surface area (Å²) in [7, 11) is 0. The first kappa shape index (κ1) is 17.1. The Hall–Kier alpha value is -0.270. The summed E-state index contributed by atoms with van der Waals surface area (Å²) in [6.07, 6.45) is 9.21. The van der Waals surface area contributed by atoms with Crippen molar-refractivity contribution in [3.63, 3.8) is 0 Å². The number of benzene rings is 1. The van der Waals surface area contributed by atoms with Crippen LogP contribution in [0.15, 0.2) is 18.2 Å². The fourth-order valence-electron chi connectivity index (χ4n) is 3.51. The van der Waals surface area contributed by atoms with Gasteiger partial charge in [0.2, 0.25) is 0 Å². The van der Waals surface area contributed by atoms with Crippen molar-refractivity contribution in [2.75, 3.05) is 5.88 Å². The molecule has 0 aromatic heterocycles. The summed E-state index contributed by atoms with van der Waals surface area (Å²) in [6, 6.07) is 4.93. The van der Waals surface area contributed by atoms with Crippen molar-refractivity contribution >= 4 is 23.2 Å². The minimum Gasteiger partial charge on any atom is -0.207 e. The van der Waals surface area contributed by atoms with Crippen molar-refractivity contribution < 1.29 is 4.39 Å². The summed E-state index contributed by atoms with van der Waals surface area (Å²) in [5.41, 5.74) is 0.669. The van der Waals surface area contributed by atoms with Crippen LogP contribution in [0.25, 0.3) is 0 Å². The Morgan fingerprint density at radius 2 is 2.00 bits per heavy atom. The van der Waals surface area contributed by atoms with Crippen molar-refractivity contribution in [3.8, 4) is 0 Å². The Bertz CT molecular complexity index is 430. The molecular weight excluding hydrogens is 306 g/mol. The van der Waals surface area contributed by atoms with Crippen LogP contribution in [0.2, 0.25) is 5.02 Å². The van der Waals surface area contributed by atoms with Crippen LogP contribution in [0.1, 0.15) is 57.4 Å². The molecule has 0 spiro atoms. The van der Waals surface area contributed by atoms with Gasteiger partial charge in [-0.3, -0.25) is 0 Å². The second kappa shape index (κ2) is 7.83. The molecule has 0 N–H and O–H groups in total. The lowest BCUT2D eigenvalue weighted by molar-refractivity contribution is 0.164. The smallest absolute Gasteiger partial charge is 0.127 e. The Morgan fingerprint density at radius 1 is 1.29 bits per heavy atom. The maximum Gasteiger partial charge on any atom is 0.127 e. The molecule has 0 heterocycles. The molecule has 21 heavy (non-hydrogen) atoms. The maximum atomic E-state index is 14.0. The van der Waals surface area contributed by atoms with Gasteiger partial charge in [-0.25, -0.2) is 4.39 Å². The van der Waals surface area contributed by atoms with Gasteiger partial charge in [-0.05, 0) is 55.6 Å². The van der Waals surface area contributed by atoms with Gasteiger partial charge in [-0.1, -0.05) is 43.9 Å². The van der Waals surface area contributed by atoms with Crippen molar-refractivity contribution in [2.24, 2.45) is 11.3 Å². The Kier molecular flexibility index (Phi) is 6.37. The van der Waals surface area contributed by atoms with E-state index in [-0.39, 0.29) is 11.2 Å². The van der Waals surface area contributed by atoms with E-state index >= 15 is 0 Å². The number of hydrogen-bond donors (Lipinski definition) is 0. The number of halogens is 3. The summed E-state index contributed by atoms with van der Waals surface area (Å²) < 4.78 is 14.0. The third kappa shape index (κ3) is 4.36. The van der Waals surface area contributed by atoms with E-state index in [1.807, 2.05) is 0 Å². The quantitative estimate of drug-likeness (QED) is 0.513. The van der Waals surface area contributed by atoms with Crippen LogP contribution in [-0.2, 0) is 6.42 Å². The van der Waals surface area contributed by atoms with Crippen LogP contribution in [0, 0.1) is 17.2 Å². The second-order valence-electron chi connectivity index (χ2n) is 6.60. The molecule has 0 nitrogen and oxygen atoms in total. The lowest BCUT2D eigenvalue weighted by Crippen LogP contribution is -2.32. The van der Waals surface area contributed by atoms with E-state index in [4.69, 9.17) is 23.2 Å². The molecule has 1 aliphatic carbocycles. The topological polar surface area (TPSA) is 0 Å². The molecule has 1 fully saturated rings. The predicted octanol–water partition coefficient (Wildman–Crippen LogP) is 6.63. The van der Waals surface area contributed by atoms with Crippen molar-refractivity contribution in [2.45, 2.75) is 58.3 Å². The molecule has 0 amide bonds. The molecule has 1 aromatic carbocycles. The van der Waals surface area contributed by atoms with Crippen LogP contribution in [0.5, 0.6) is 0 Å². The monoisotopic (exact) mass is 330 g/mol. The van der Waals surface area contributed by atoms with Gasteiger partial charge in [0.15, 0.2) is 0 Å². The number of alkyl halides is 1. The average molecular weight is 331 g/mol. The van der Waals surface area contributed by atoms with Crippen LogP contribution in [0.3, 0.4) is 0 Å². The van der Waals surface area contributed by atoms with Crippen LogP contribution in [-0.4, -0.2) is 5.88 Å². The molecule has 0 unspecified atom stereocenters. The normalized spacial score (nSPS) is 26.0. The third-order valence-corrected chi connectivity index (χ3v) is 5.95. The highest BCUT2D eigenvalue weighted by Gasteiger charge is 2.35. The minimum absolute atomic E-state index is 0.0239. The van der Waals surface area contributed by atoms with Crippen LogP contribution in [0.4, 0.5) is 4.39 Å². The van der Waals surface area contributed by atoms with Crippen LogP contribution >= 0.6 is 23.2 Å². The maximum absolute atomic E-state index is 14.0. The zero-order chi connectivity index (χ0) is 15.3. The van der Waals surface area contributed by atoms with Gasteiger partial charge in [0, 0.05) is 16.5 Å². The molecule has 1 saturated carbocycles. The van der Waals surface area contributed by atoms with E-state index in [1.54, 1.807) is 12.1 Å². The Balaban J connectivity index is 2.03. The summed E-state index contributed by atoms with van der Waals surface area (Å²) >= 11 is 12.5. The van der Waals surface area contributed by atoms with Crippen LogP contribution < -0.4 is 0 Å². The molecule has 0 atom stereocenters. The summed E-state index contributed by atoms with van der Waals surface area (Å²) in [5.74, 6) is 1.23. The van der Waals surface area contributed by atoms with Gasteiger partial charge in [0.05, 0.1) is 0 Å². The standard InChI is InChI=1S/C18H25Cl2F/c1-2-3-5-14-8-10-18(13-19,11-9-14)12-15-16(20)6-4-7-17(15)21/h4,6-7,14H,2-3,5,8-13H2,1H3. The van der Waals surface area contributed by atoms with Gasteiger partial charge in [0.25, 0.3) is 0 Å². The SMILES string of the molecule is CCCCC1CCC(CCl)(Cc2c(F)cccc2Cl)CC1. The first-order valence-electron chi connectivity index (χ1n) is 8.09. The zero-order valence-electron chi connectivity index (χ0n) is 12.8. The number of rotatable bonds is 6. The molecule has 0 bridgehead atoms. The first-order chi connectivity index (χ1) is 10.1. The highest BCUT2D eigenvalue weighted by Crippen LogP contribution is 2.44. The fourth-order valence-corrected chi connectivity index (χ4v) is 4.10. The van der Waals surface area contributed by atoms with Gasteiger partial charge in [0.1, 0.15) is 5.82 Å². The Morgan fingerprint density at radius 3 is 2.57 bits per heavy atom. The Labute approximate surface area is 138 Å². The van der Waals surface area contributed by atoms with Gasteiger partial charge in [-0.2, -0.15) is 0 Å². The summed E-state index contributed by atoms with van der Waals surface area (Å²) in [6.45, 7) is 2.24. The molecular formula is C18H25Cl2F. The molecule has 1 aliphatic rings. The largest absolute Gasteiger partial charge is 0.207 e. The number of hydrogen-bond acceptors (Lipinski definition) is 0. The predicted molar refractivity (Wildman–Crippen MR) is 89.8 cm³/mol. The van der Waals surface area contributed by atoms with E-state index in [2.05, 4.69) is 6.92 Å². The molecule has 0 aliphatic heterocycles. The fraction of sp³-hybridized carbons (Fsp3) is 0.667. The molecule has 1 aromatic rings. The first-order valence-corrected chi connectivity index (χ1v) is 9.00. The summed E-state index contributed by atoms with van der Waals surface area (Å²) in [4.78, 5) is 0. The van der Waals surface area contributed by atoms with E-state index in [0.717, 1.165) is 18.8 Å². The second-order valence-corrected chi connectivity index (χ2v) is 7.27. The lowest BCUT2D eigenvalue weighted by atomic mass is 9.68.